The first kappa shape index (κ1) is 17.6. The van der Waals surface area contributed by atoms with Gasteiger partial charge in [-0.05, 0) is 62.7 Å². The van der Waals surface area contributed by atoms with Crippen LogP contribution in [0.3, 0.4) is 0 Å². The van der Waals surface area contributed by atoms with Gasteiger partial charge in [-0.1, -0.05) is 34.0 Å². The molecule has 1 saturated heterocycles. The van der Waals surface area contributed by atoms with Crippen molar-refractivity contribution >= 4 is 11.6 Å². The van der Waals surface area contributed by atoms with E-state index in [1.165, 1.54) is 12.8 Å². The molecule has 0 radical (unpaired) electrons. The smallest absolute Gasteiger partial charge is 0.240 e. The van der Waals surface area contributed by atoms with Gasteiger partial charge in [0.1, 0.15) is 0 Å². The number of benzene rings is 1. The lowest BCUT2D eigenvalue weighted by atomic mass is 9.91. The second-order valence-corrected chi connectivity index (χ2v) is 9.12. The number of rotatable bonds is 5. The van der Waals surface area contributed by atoms with Gasteiger partial charge in [-0.15, -0.1) is 0 Å². The van der Waals surface area contributed by atoms with Crippen molar-refractivity contribution in [1.82, 2.24) is 25.2 Å². The highest BCUT2D eigenvalue weighted by Gasteiger charge is 2.58. The van der Waals surface area contributed by atoms with E-state index in [0.29, 0.717) is 28.1 Å². The molecule has 1 aromatic carbocycles. The van der Waals surface area contributed by atoms with Gasteiger partial charge in [0.2, 0.25) is 17.6 Å². The Bertz CT molecular complexity index is 1040. The van der Waals surface area contributed by atoms with Crippen molar-refractivity contribution in [2.75, 3.05) is 13.1 Å². The van der Waals surface area contributed by atoms with Gasteiger partial charge in [-0.2, -0.15) is 9.97 Å². The van der Waals surface area contributed by atoms with E-state index >= 15 is 0 Å². The molecular weight excluding hydrogens is 390 g/mol. The third-order valence-corrected chi connectivity index (χ3v) is 6.88. The summed E-state index contributed by atoms with van der Waals surface area (Å²) in [5.74, 6) is 3.93. The van der Waals surface area contributed by atoms with Gasteiger partial charge >= 0.3 is 0 Å². The molecule has 2 saturated carbocycles. The zero-order valence-corrected chi connectivity index (χ0v) is 16.8. The van der Waals surface area contributed by atoms with Crippen molar-refractivity contribution in [3.63, 3.8) is 0 Å². The molecule has 1 aliphatic heterocycles. The number of halogens is 1. The Morgan fingerprint density at radius 3 is 2.76 bits per heavy atom. The molecule has 3 aliphatic rings. The zero-order valence-electron chi connectivity index (χ0n) is 16.1. The first-order valence-corrected chi connectivity index (χ1v) is 10.7. The Balaban J connectivity index is 1.08. The van der Waals surface area contributed by atoms with Gasteiger partial charge in [0.15, 0.2) is 5.82 Å². The molecule has 0 N–H and O–H groups in total. The summed E-state index contributed by atoms with van der Waals surface area (Å²) in [4.78, 5) is 11.6. The molecule has 2 aliphatic carbocycles. The van der Waals surface area contributed by atoms with Gasteiger partial charge in [-0.25, -0.2) is 0 Å². The van der Waals surface area contributed by atoms with E-state index in [0.717, 1.165) is 62.1 Å². The fourth-order valence-electron chi connectivity index (χ4n) is 4.56. The average Bonchev–Trinajstić information content (AvgIpc) is 3.59. The molecule has 150 valence electrons. The number of aromatic nitrogens is 4. The Morgan fingerprint density at radius 1 is 1.10 bits per heavy atom. The first-order chi connectivity index (χ1) is 14.2. The van der Waals surface area contributed by atoms with Crippen molar-refractivity contribution in [3.8, 4) is 11.4 Å². The quantitative estimate of drug-likeness (QED) is 0.614. The van der Waals surface area contributed by atoms with Crippen LogP contribution in [0.2, 0.25) is 5.02 Å². The largest absolute Gasteiger partial charge is 0.339 e. The monoisotopic (exact) mass is 411 g/mol. The maximum atomic E-state index is 6.08. The van der Waals surface area contributed by atoms with Crippen molar-refractivity contribution in [2.45, 2.75) is 50.5 Å². The van der Waals surface area contributed by atoms with Crippen molar-refractivity contribution in [1.29, 1.82) is 0 Å². The fourth-order valence-corrected chi connectivity index (χ4v) is 4.75. The highest BCUT2D eigenvalue weighted by Crippen LogP contribution is 2.64. The molecule has 1 atom stereocenters. The van der Waals surface area contributed by atoms with Crippen molar-refractivity contribution in [3.05, 3.63) is 46.9 Å². The molecule has 0 amide bonds. The first-order valence-electron chi connectivity index (χ1n) is 10.3. The second-order valence-electron chi connectivity index (χ2n) is 8.68. The summed E-state index contributed by atoms with van der Waals surface area (Å²) < 4.78 is 11.0. The van der Waals surface area contributed by atoms with Crippen LogP contribution in [0, 0.1) is 5.41 Å². The predicted octanol–water partition coefficient (Wildman–Crippen LogP) is 4.42. The lowest BCUT2D eigenvalue weighted by Gasteiger charge is -2.31. The maximum absolute atomic E-state index is 6.08. The molecule has 3 fully saturated rings. The molecule has 2 aromatic heterocycles. The van der Waals surface area contributed by atoms with Gasteiger partial charge in [0.25, 0.3) is 0 Å². The van der Waals surface area contributed by atoms with Crippen LogP contribution < -0.4 is 0 Å². The number of hydrogen-bond acceptors (Lipinski definition) is 7. The Hall–Kier alpha value is -2.25. The number of piperidine rings is 1. The van der Waals surface area contributed by atoms with Crippen LogP contribution in [-0.4, -0.2) is 38.3 Å². The van der Waals surface area contributed by atoms with E-state index in [2.05, 4.69) is 25.2 Å². The molecule has 8 heteroatoms. The van der Waals surface area contributed by atoms with E-state index in [9.17, 15) is 0 Å². The zero-order chi connectivity index (χ0) is 19.4. The fraction of sp³-hybridized carbons (Fsp3) is 0.524. The Morgan fingerprint density at radius 2 is 1.97 bits per heavy atom. The molecule has 7 nitrogen and oxygen atoms in total. The summed E-state index contributed by atoms with van der Waals surface area (Å²) in [5, 5.41) is 8.97. The predicted molar refractivity (Wildman–Crippen MR) is 105 cm³/mol. The molecule has 6 rings (SSSR count). The highest BCUT2D eigenvalue weighted by molar-refractivity contribution is 6.30. The van der Waals surface area contributed by atoms with Crippen molar-refractivity contribution < 1.29 is 9.05 Å². The van der Waals surface area contributed by atoms with Crippen LogP contribution in [-0.2, 0) is 6.54 Å². The molecule has 1 spiro atoms. The lowest BCUT2D eigenvalue weighted by molar-refractivity contribution is 0.144. The minimum atomic E-state index is 0.308. The van der Waals surface area contributed by atoms with Gasteiger partial charge < -0.3 is 9.05 Å². The summed E-state index contributed by atoms with van der Waals surface area (Å²) >= 11 is 6.08. The number of nitrogens with zero attached hydrogens (tertiary/aromatic N) is 5. The number of hydrogen-bond donors (Lipinski definition) is 0. The summed E-state index contributed by atoms with van der Waals surface area (Å²) in [5.41, 5.74) is 1.20. The third-order valence-electron chi connectivity index (χ3n) is 6.65. The van der Waals surface area contributed by atoms with Crippen LogP contribution in [0.15, 0.2) is 33.3 Å². The minimum Gasteiger partial charge on any atom is -0.339 e. The molecular formula is C21H22ClN5O2. The van der Waals surface area contributed by atoms with E-state index in [1.54, 1.807) is 0 Å². The van der Waals surface area contributed by atoms with Crippen LogP contribution in [0.5, 0.6) is 0 Å². The lowest BCUT2D eigenvalue weighted by Crippen LogP contribution is -2.34. The average molecular weight is 412 g/mol. The van der Waals surface area contributed by atoms with Gasteiger partial charge in [0.05, 0.1) is 6.54 Å². The van der Waals surface area contributed by atoms with Crippen molar-refractivity contribution in [2.24, 2.45) is 5.41 Å². The third kappa shape index (κ3) is 3.36. The van der Waals surface area contributed by atoms with Crippen LogP contribution in [0.25, 0.3) is 11.4 Å². The molecule has 0 unspecified atom stereocenters. The maximum Gasteiger partial charge on any atom is 0.240 e. The highest BCUT2D eigenvalue weighted by atomic mass is 35.5. The molecule has 0 bridgehead atoms. The normalized spacial score (nSPS) is 23.6. The molecule has 3 aromatic rings. The van der Waals surface area contributed by atoms with E-state index < -0.39 is 0 Å². The van der Waals surface area contributed by atoms with E-state index in [-0.39, 0.29) is 0 Å². The summed E-state index contributed by atoms with van der Waals surface area (Å²) in [6, 6.07) is 7.56. The SMILES string of the molecule is Clc1cccc(-c2noc([C@@H]3CC34CCN(Cc3nc(C5CC5)no3)CC4)n2)c1. The summed E-state index contributed by atoms with van der Waals surface area (Å²) in [7, 11) is 0. The Labute approximate surface area is 173 Å². The summed E-state index contributed by atoms with van der Waals surface area (Å²) in [6.45, 7) is 2.82. The standard InChI is InChI=1S/C21H22ClN5O2/c22-15-3-1-2-14(10-15)19-24-20(29-26-19)16-11-21(16)6-8-27(9-7-21)12-17-23-18(25-28-17)13-4-5-13/h1-3,10,13,16H,4-9,11-12H2/t16-/m0/s1. The van der Waals surface area contributed by atoms with Gasteiger partial charge in [0, 0.05) is 22.4 Å². The van der Waals surface area contributed by atoms with E-state index in [4.69, 9.17) is 20.6 Å². The second kappa shape index (κ2) is 6.64. The molecule has 29 heavy (non-hydrogen) atoms. The van der Waals surface area contributed by atoms with Crippen LogP contribution >= 0.6 is 11.6 Å². The number of likely N-dealkylation sites (tertiary alicyclic amines) is 1. The van der Waals surface area contributed by atoms with Crippen LogP contribution in [0.1, 0.15) is 61.5 Å². The van der Waals surface area contributed by atoms with Crippen LogP contribution in [0.4, 0.5) is 0 Å². The topological polar surface area (TPSA) is 81.1 Å². The van der Waals surface area contributed by atoms with E-state index in [1.807, 2.05) is 24.3 Å². The summed E-state index contributed by atoms with van der Waals surface area (Å²) in [6.07, 6.45) is 5.79. The van der Waals surface area contributed by atoms with Gasteiger partial charge in [-0.3, -0.25) is 4.90 Å². The Kier molecular flexibility index (Phi) is 4.03. The molecule has 3 heterocycles. The minimum absolute atomic E-state index is 0.308.